The molecule has 3 rings (SSSR count). The second-order valence-corrected chi connectivity index (χ2v) is 6.16. The van der Waals surface area contributed by atoms with Gasteiger partial charge in [0.2, 0.25) is 0 Å². The van der Waals surface area contributed by atoms with Crippen LogP contribution in [-0.2, 0) is 13.0 Å². The Morgan fingerprint density at radius 3 is 2.89 bits per heavy atom. The Hall–Kier alpha value is -1.19. The minimum absolute atomic E-state index is 0.700. The minimum atomic E-state index is 0.700. The predicted octanol–water partition coefficient (Wildman–Crippen LogP) is 3.70. The standard InChI is InChI=1S/C16H20N2S/c1-2-16-17-15(12-19-16)11-18-9-8-14(10-18)13-6-4-3-5-7-13/h3-7,12,14H,2,8-11H2,1H3. The fourth-order valence-electron chi connectivity index (χ4n) is 2.79. The molecule has 100 valence electrons. The molecule has 2 heterocycles. The van der Waals surface area contributed by atoms with Crippen molar-refractivity contribution in [2.24, 2.45) is 0 Å². The van der Waals surface area contributed by atoms with Crippen molar-refractivity contribution < 1.29 is 0 Å². The molecule has 0 radical (unpaired) electrons. The molecule has 0 spiro atoms. The summed E-state index contributed by atoms with van der Waals surface area (Å²) < 4.78 is 0. The zero-order valence-electron chi connectivity index (χ0n) is 11.4. The van der Waals surface area contributed by atoms with E-state index in [-0.39, 0.29) is 0 Å². The molecular weight excluding hydrogens is 252 g/mol. The van der Waals surface area contributed by atoms with Crippen LogP contribution in [0.3, 0.4) is 0 Å². The second kappa shape index (κ2) is 5.85. The largest absolute Gasteiger partial charge is 0.297 e. The first-order valence-corrected chi connectivity index (χ1v) is 7.93. The van der Waals surface area contributed by atoms with Crippen LogP contribution in [0, 0.1) is 0 Å². The summed E-state index contributed by atoms with van der Waals surface area (Å²) in [5.41, 5.74) is 2.73. The first kappa shape index (κ1) is 12.8. The van der Waals surface area contributed by atoms with Crippen LogP contribution in [-0.4, -0.2) is 23.0 Å². The van der Waals surface area contributed by atoms with Gasteiger partial charge in [-0.25, -0.2) is 4.98 Å². The lowest BCUT2D eigenvalue weighted by atomic mass is 9.99. The zero-order chi connectivity index (χ0) is 13.1. The van der Waals surface area contributed by atoms with E-state index in [1.807, 2.05) is 0 Å². The van der Waals surface area contributed by atoms with Crippen LogP contribution in [0.2, 0.25) is 0 Å². The first-order chi connectivity index (χ1) is 9.35. The number of hydrogen-bond acceptors (Lipinski definition) is 3. The van der Waals surface area contributed by atoms with E-state index in [2.05, 4.69) is 52.5 Å². The van der Waals surface area contributed by atoms with Crippen LogP contribution in [0.1, 0.15) is 35.5 Å². The van der Waals surface area contributed by atoms with Gasteiger partial charge in [0.05, 0.1) is 10.7 Å². The van der Waals surface area contributed by atoms with Gasteiger partial charge in [-0.3, -0.25) is 4.90 Å². The van der Waals surface area contributed by atoms with Crippen molar-refractivity contribution in [1.29, 1.82) is 0 Å². The molecule has 0 N–H and O–H groups in total. The number of rotatable bonds is 4. The van der Waals surface area contributed by atoms with Crippen molar-refractivity contribution in [1.82, 2.24) is 9.88 Å². The van der Waals surface area contributed by atoms with Gasteiger partial charge < -0.3 is 0 Å². The number of likely N-dealkylation sites (tertiary alicyclic amines) is 1. The Bertz CT molecular complexity index is 521. The fraction of sp³-hybridized carbons (Fsp3) is 0.438. The molecule has 1 unspecified atom stereocenters. The average molecular weight is 272 g/mol. The molecule has 0 saturated carbocycles. The van der Waals surface area contributed by atoms with E-state index in [1.165, 1.54) is 35.8 Å². The van der Waals surface area contributed by atoms with E-state index in [1.54, 1.807) is 11.3 Å². The lowest BCUT2D eigenvalue weighted by Crippen LogP contribution is -2.20. The van der Waals surface area contributed by atoms with Gasteiger partial charge in [-0.2, -0.15) is 0 Å². The van der Waals surface area contributed by atoms with Gasteiger partial charge in [-0.1, -0.05) is 37.3 Å². The molecule has 1 aromatic heterocycles. The molecule has 0 aliphatic carbocycles. The molecule has 0 bridgehead atoms. The summed E-state index contributed by atoms with van der Waals surface area (Å²) >= 11 is 1.79. The molecule has 19 heavy (non-hydrogen) atoms. The second-order valence-electron chi connectivity index (χ2n) is 5.22. The minimum Gasteiger partial charge on any atom is -0.297 e. The third-order valence-electron chi connectivity index (χ3n) is 3.83. The molecule has 1 fully saturated rings. The highest BCUT2D eigenvalue weighted by molar-refractivity contribution is 7.09. The third-order valence-corrected chi connectivity index (χ3v) is 4.87. The van der Waals surface area contributed by atoms with Gasteiger partial charge in [-0.15, -0.1) is 11.3 Å². The smallest absolute Gasteiger partial charge is 0.0926 e. The van der Waals surface area contributed by atoms with Gasteiger partial charge in [0.15, 0.2) is 0 Å². The molecule has 1 atom stereocenters. The number of benzene rings is 1. The molecular formula is C16H20N2S. The summed E-state index contributed by atoms with van der Waals surface area (Å²) in [5.74, 6) is 0.700. The summed E-state index contributed by atoms with van der Waals surface area (Å²) in [5, 5.41) is 3.48. The Kier molecular flexibility index (Phi) is 3.95. The Labute approximate surface area is 119 Å². The highest BCUT2D eigenvalue weighted by Crippen LogP contribution is 2.28. The molecule has 0 amide bonds. The summed E-state index contributed by atoms with van der Waals surface area (Å²) in [7, 11) is 0. The lowest BCUT2D eigenvalue weighted by molar-refractivity contribution is 0.323. The SMILES string of the molecule is CCc1nc(CN2CCC(c3ccccc3)C2)cs1. The van der Waals surface area contributed by atoms with Crippen molar-refractivity contribution in [2.75, 3.05) is 13.1 Å². The van der Waals surface area contributed by atoms with Crippen molar-refractivity contribution in [3.8, 4) is 0 Å². The normalized spacial score (nSPS) is 19.9. The van der Waals surface area contributed by atoms with Crippen molar-refractivity contribution in [3.63, 3.8) is 0 Å². The molecule has 2 nitrogen and oxygen atoms in total. The lowest BCUT2D eigenvalue weighted by Gasteiger charge is -2.14. The van der Waals surface area contributed by atoms with E-state index in [9.17, 15) is 0 Å². The maximum absolute atomic E-state index is 4.67. The highest BCUT2D eigenvalue weighted by Gasteiger charge is 2.24. The maximum Gasteiger partial charge on any atom is 0.0926 e. The number of thiazole rings is 1. The summed E-state index contributed by atoms with van der Waals surface area (Å²) in [6, 6.07) is 10.9. The van der Waals surface area contributed by atoms with Crippen LogP contribution in [0.15, 0.2) is 35.7 Å². The Morgan fingerprint density at radius 1 is 1.32 bits per heavy atom. The number of hydrogen-bond donors (Lipinski definition) is 0. The van der Waals surface area contributed by atoms with Crippen LogP contribution in [0.4, 0.5) is 0 Å². The quantitative estimate of drug-likeness (QED) is 0.843. The maximum atomic E-state index is 4.67. The Morgan fingerprint density at radius 2 is 2.16 bits per heavy atom. The molecule has 3 heteroatoms. The van der Waals surface area contributed by atoms with Gasteiger partial charge in [0.25, 0.3) is 0 Å². The first-order valence-electron chi connectivity index (χ1n) is 7.05. The van der Waals surface area contributed by atoms with Crippen LogP contribution in [0.25, 0.3) is 0 Å². The van der Waals surface area contributed by atoms with Gasteiger partial charge >= 0.3 is 0 Å². The summed E-state index contributed by atoms with van der Waals surface area (Å²) in [6.45, 7) is 5.55. The van der Waals surface area contributed by atoms with Crippen LogP contribution >= 0.6 is 11.3 Å². The van der Waals surface area contributed by atoms with Crippen molar-refractivity contribution in [3.05, 3.63) is 52.0 Å². The van der Waals surface area contributed by atoms with E-state index >= 15 is 0 Å². The topological polar surface area (TPSA) is 16.1 Å². The molecule has 2 aromatic rings. The Balaban J connectivity index is 1.60. The van der Waals surface area contributed by atoms with Crippen LogP contribution < -0.4 is 0 Å². The van der Waals surface area contributed by atoms with Crippen LogP contribution in [0.5, 0.6) is 0 Å². The third kappa shape index (κ3) is 3.04. The molecule has 1 aliphatic rings. The molecule has 1 aromatic carbocycles. The monoisotopic (exact) mass is 272 g/mol. The van der Waals surface area contributed by atoms with Crippen molar-refractivity contribution in [2.45, 2.75) is 32.2 Å². The summed E-state index contributed by atoms with van der Waals surface area (Å²) in [4.78, 5) is 7.20. The van der Waals surface area contributed by atoms with Gasteiger partial charge in [0, 0.05) is 18.5 Å². The molecule has 1 saturated heterocycles. The van der Waals surface area contributed by atoms with Gasteiger partial charge in [0.1, 0.15) is 0 Å². The fourth-order valence-corrected chi connectivity index (χ4v) is 3.52. The summed E-state index contributed by atoms with van der Waals surface area (Å²) in [6.07, 6.45) is 2.33. The van der Waals surface area contributed by atoms with Gasteiger partial charge in [-0.05, 0) is 30.9 Å². The highest BCUT2D eigenvalue weighted by atomic mass is 32.1. The molecule has 1 aliphatic heterocycles. The van der Waals surface area contributed by atoms with Crippen molar-refractivity contribution >= 4 is 11.3 Å². The van der Waals surface area contributed by atoms with E-state index in [4.69, 9.17) is 0 Å². The zero-order valence-corrected chi connectivity index (χ0v) is 12.2. The van der Waals surface area contributed by atoms with E-state index in [0.29, 0.717) is 5.92 Å². The number of aryl methyl sites for hydroxylation is 1. The average Bonchev–Trinajstić information content (AvgIpc) is 3.09. The number of nitrogens with zero attached hydrogens (tertiary/aromatic N) is 2. The van der Waals surface area contributed by atoms with E-state index in [0.717, 1.165) is 13.0 Å². The van der Waals surface area contributed by atoms with E-state index < -0.39 is 0 Å². The predicted molar refractivity (Wildman–Crippen MR) is 80.6 cm³/mol. The number of aromatic nitrogens is 1.